The zero-order chi connectivity index (χ0) is 19.1. The fraction of sp³-hybridized carbons (Fsp3) is 0.458. The number of ether oxygens (including phenoxy) is 1. The van der Waals surface area contributed by atoms with Gasteiger partial charge in [-0.2, -0.15) is 0 Å². The van der Waals surface area contributed by atoms with Crippen molar-refractivity contribution >= 4 is 5.71 Å². The highest BCUT2D eigenvalue weighted by Gasteiger charge is 2.54. The van der Waals surface area contributed by atoms with Crippen molar-refractivity contribution < 1.29 is 14.3 Å². The predicted molar refractivity (Wildman–Crippen MR) is 106 cm³/mol. The van der Waals surface area contributed by atoms with Crippen LogP contribution in [0.5, 0.6) is 5.75 Å². The van der Waals surface area contributed by atoms with E-state index in [-0.39, 0.29) is 11.2 Å². The Morgan fingerprint density at radius 2 is 1.64 bits per heavy atom. The molecule has 146 valence electrons. The van der Waals surface area contributed by atoms with Gasteiger partial charge in [-0.3, -0.25) is 0 Å². The molecule has 0 amide bonds. The van der Waals surface area contributed by atoms with E-state index in [4.69, 9.17) is 4.74 Å². The highest BCUT2D eigenvalue weighted by atomic mass is 19.1. The van der Waals surface area contributed by atoms with E-state index >= 15 is 4.39 Å². The van der Waals surface area contributed by atoms with Crippen molar-refractivity contribution in [3.05, 3.63) is 65.5 Å². The lowest BCUT2D eigenvalue weighted by Gasteiger charge is -2.56. The molecular formula is C24H26FNO2. The molecule has 2 aromatic rings. The molecule has 4 bridgehead atoms. The van der Waals surface area contributed by atoms with E-state index in [0.29, 0.717) is 41.4 Å². The van der Waals surface area contributed by atoms with Gasteiger partial charge in [0.25, 0.3) is 0 Å². The summed E-state index contributed by atoms with van der Waals surface area (Å²) in [5, 5.41) is 13.5. The van der Waals surface area contributed by atoms with Crippen molar-refractivity contribution in [2.45, 2.75) is 45.1 Å². The summed E-state index contributed by atoms with van der Waals surface area (Å²) in [6, 6.07) is 14.8. The van der Waals surface area contributed by atoms with Gasteiger partial charge in [0.1, 0.15) is 18.2 Å². The summed E-state index contributed by atoms with van der Waals surface area (Å²) in [7, 11) is 0. The molecule has 4 heteroatoms. The first-order chi connectivity index (χ1) is 13.6. The molecule has 3 nitrogen and oxygen atoms in total. The predicted octanol–water partition coefficient (Wildman–Crippen LogP) is 5.80. The molecule has 0 spiro atoms. The zero-order valence-corrected chi connectivity index (χ0v) is 16.0. The molecule has 0 heterocycles. The van der Waals surface area contributed by atoms with Crippen LogP contribution in [0.15, 0.2) is 53.7 Å². The van der Waals surface area contributed by atoms with E-state index in [1.165, 1.54) is 25.3 Å². The normalized spacial score (nSPS) is 31.2. The van der Waals surface area contributed by atoms with Gasteiger partial charge in [-0.25, -0.2) is 4.39 Å². The molecule has 2 aromatic carbocycles. The third kappa shape index (κ3) is 3.09. The van der Waals surface area contributed by atoms with Gasteiger partial charge in [-0.1, -0.05) is 35.5 Å². The van der Waals surface area contributed by atoms with Crippen molar-refractivity contribution in [2.75, 3.05) is 0 Å². The van der Waals surface area contributed by atoms with Crippen molar-refractivity contribution in [1.82, 2.24) is 0 Å². The smallest absolute Gasteiger partial charge is 0.136 e. The summed E-state index contributed by atoms with van der Waals surface area (Å²) < 4.78 is 20.8. The Morgan fingerprint density at radius 1 is 1.00 bits per heavy atom. The molecular weight excluding hydrogens is 353 g/mol. The number of rotatable bonds is 5. The molecule has 4 saturated carbocycles. The first-order valence-corrected chi connectivity index (χ1v) is 10.3. The largest absolute Gasteiger partial charge is 0.489 e. The first kappa shape index (κ1) is 17.7. The number of hydrogen-bond acceptors (Lipinski definition) is 3. The van der Waals surface area contributed by atoms with Gasteiger partial charge < -0.3 is 9.94 Å². The van der Waals surface area contributed by atoms with Crippen LogP contribution in [-0.4, -0.2) is 10.9 Å². The third-order valence-corrected chi connectivity index (χ3v) is 7.08. The summed E-state index contributed by atoms with van der Waals surface area (Å²) in [5.74, 6) is 2.25. The van der Waals surface area contributed by atoms with Crippen LogP contribution >= 0.6 is 0 Å². The Labute approximate surface area is 165 Å². The minimum atomic E-state index is -0.367. The average Bonchev–Trinajstić information content (AvgIpc) is 2.68. The summed E-state index contributed by atoms with van der Waals surface area (Å²) in [5.41, 5.74) is 1.87. The minimum absolute atomic E-state index is 0.156. The number of benzene rings is 2. The Bertz CT molecular complexity index is 857. The maximum atomic E-state index is 15.0. The van der Waals surface area contributed by atoms with Crippen molar-refractivity contribution in [2.24, 2.45) is 28.3 Å². The Kier molecular flexibility index (Phi) is 4.37. The lowest BCUT2D eigenvalue weighted by atomic mass is 9.48. The van der Waals surface area contributed by atoms with E-state index in [0.717, 1.165) is 24.8 Å². The second-order valence-corrected chi connectivity index (χ2v) is 9.06. The summed E-state index contributed by atoms with van der Waals surface area (Å²) in [6.07, 6.45) is 6.99. The summed E-state index contributed by atoms with van der Waals surface area (Å²) >= 11 is 0. The van der Waals surface area contributed by atoms with E-state index in [9.17, 15) is 5.21 Å². The molecule has 28 heavy (non-hydrogen) atoms. The molecule has 0 atom stereocenters. The highest BCUT2D eigenvalue weighted by Crippen LogP contribution is 2.61. The fourth-order valence-electron chi connectivity index (χ4n) is 6.36. The van der Waals surface area contributed by atoms with Crippen LogP contribution in [0, 0.1) is 29.0 Å². The van der Waals surface area contributed by atoms with Gasteiger partial charge in [-0.15, -0.1) is 0 Å². The molecule has 4 aliphatic rings. The molecule has 0 radical (unpaired) electrons. The fourth-order valence-corrected chi connectivity index (χ4v) is 6.36. The standard InChI is InChI=1S/C24H26FNO2/c25-22-11-20(28-15-16-4-2-1-3-5-16)6-7-21(22)23(26-27)24-12-17-8-18(13-24)10-19(9-17)14-24/h1-7,11,17-19,27H,8-10,12-15H2/b26-23-. The van der Waals surface area contributed by atoms with Crippen LogP contribution in [0.2, 0.25) is 0 Å². The molecule has 6 rings (SSSR count). The van der Waals surface area contributed by atoms with Crippen molar-refractivity contribution in [3.63, 3.8) is 0 Å². The van der Waals surface area contributed by atoms with E-state index < -0.39 is 0 Å². The van der Waals surface area contributed by atoms with Crippen LogP contribution in [0.4, 0.5) is 4.39 Å². The van der Waals surface area contributed by atoms with Crippen LogP contribution in [0.1, 0.15) is 49.7 Å². The Balaban J connectivity index is 1.38. The number of hydrogen-bond donors (Lipinski definition) is 1. The van der Waals surface area contributed by atoms with Gasteiger partial charge in [0, 0.05) is 17.0 Å². The van der Waals surface area contributed by atoms with Crippen LogP contribution in [0.3, 0.4) is 0 Å². The third-order valence-electron chi connectivity index (χ3n) is 7.08. The zero-order valence-electron chi connectivity index (χ0n) is 16.0. The Morgan fingerprint density at radius 3 is 2.21 bits per heavy atom. The second-order valence-electron chi connectivity index (χ2n) is 9.06. The maximum Gasteiger partial charge on any atom is 0.136 e. The SMILES string of the molecule is O/N=C(/c1ccc(OCc2ccccc2)cc1F)C12CC3CC(CC(C3)C1)C2. The molecule has 4 fully saturated rings. The lowest BCUT2D eigenvalue weighted by molar-refractivity contribution is -0.0134. The van der Waals surface area contributed by atoms with Crippen molar-refractivity contribution in [1.29, 1.82) is 0 Å². The van der Waals surface area contributed by atoms with E-state index in [1.54, 1.807) is 12.1 Å². The average molecular weight is 379 g/mol. The minimum Gasteiger partial charge on any atom is -0.489 e. The number of nitrogens with zero attached hydrogens (tertiary/aromatic N) is 1. The van der Waals surface area contributed by atoms with Crippen LogP contribution in [0.25, 0.3) is 0 Å². The molecule has 0 aliphatic heterocycles. The molecule has 0 unspecified atom stereocenters. The molecule has 0 aromatic heterocycles. The molecule has 1 N–H and O–H groups in total. The van der Waals surface area contributed by atoms with Gasteiger partial charge >= 0.3 is 0 Å². The topological polar surface area (TPSA) is 41.8 Å². The van der Waals surface area contributed by atoms with Gasteiger partial charge in [0.15, 0.2) is 0 Å². The summed E-state index contributed by atoms with van der Waals surface area (Å²) in [6.45, 7) is 0.398. The van der Waals surface area contributed by atoms with Crippen molar-refractivity contribution in [3.8, 4) is 5.75 Å². The maximum absolute atomic E-state index is 15.0. The summed E-state index contributed by atoms with van der Waals surface area (Å²) in [4.78, 5) is 0. The van der Waals surface area contributed by atoms with E-state index in [1.807, 2.05) is 30.3 Å². The quantitative estimate of drug-likeness (QED) is 0.405. The van der Waals surface area contributed by atoms with Gasteiger partial charge in [-0.05, 0) is 74.0 Å². The molecule has 0 saturated heterocycles. The lowest BCUT2D eigenvalue weighted by Crippen LogP contribution is -2.50. The van der Waals surface area contributed by atoms with Crippen LogP contribution in [-0.2, 0) is 6.61 Å². The number of halogens is 1. The highest BCUT2D eigenvalue weighted by molar-refractivity contribution is 6.05. The monoisotopic (exact) mass is 379 g/mol. The second kappa shape index (κ2) is 6.91. The van der Waals surface area contributed by atoms with Gasteiger partial charge in [0.2, 0.25) is 0 Å². The Hall–Kier alpha value is -2.36. The first-order valence-electron chi connectivity index (χ1n) is 10.3. The van der Waals surface area contributed by atoms with Crippen LogP contribution < -0.4 is 4.74 Å². The van der Waals surface area contributed by atoms with E-state index in [2.05, 4.69) is 5.16 Å². The molecule has 4 aliphatic carbocycles. The van der Waals surface area contributed by atoms with Gasteiger partial charge in [0.05, 0.1) is 5.71 Å². The number of oxime groups is 1.